The Morgan fingerprint density at radius 2 is 1.93 bits per heavy atom. The van der Waals surface area contributed by atoms with Gasteiger partial charge in [0, 0.05) is 46.9 Å². The fourth-order valence-electron chi connectivity index (χ4n) is 2.33. The van der Waals surface area contributed by atoms with Crippen LogP contribution in [0.3, 0.4) is 0 Å². The van der Waals surface area contributed by atoms with Crippen molar-refractivity contribution in [1.82, 2.24) is 15.1 Å². The molecule has 0 aromatic rings. The summed E-state index contributed by atoms with van der Waals surface area (Å²) in [7, 11) is 5.56. The maximum Gasteiger partial charge on any atom is 0.410 e. The molecule has 0 aliphatic heterocycles. The van der Waals surface area contributed by atoms with E-state index in [9.17, 15) is 4.79 Å². The lowest BCUT2D eigenvalue weighted by Crippen LogP contribution is -2.44. The summed E-state index contributed by atoms with van der Waals surface area (Å²) in [6.07, 6.45) is 3.14. The smallest absolute Gasteiger partial charge is 0.410 e. The molecule has 1 unspecified atom stereocenters. The summed E-state index contributed by atoms with van der Waals surface area (Å²) in [6, 6.07) is 0.0719. The van der Waals surface area contributed by atoms with Crippen molar-refractivity contribution in [2.45, 2.75) is 58.6 Å². The molecule has 1 atom stereocenters. The van der Waals surface area contributed by atoms with Gasteiger partial charge in [-0.15, -0.1) is 24.0 Å². The van der Waals surface area contributed by atoms with Crippen molar-refractivity contribution in [3.8, 4) is 0 Å². The second-order valence-electron chi connectivity index (χ2n) is 8.14. The van der Waals surface area contributed by atoms with Crippen molar-refractivity contribution < 1.29 is 14.3 Å². The number of carbonyl (C=O) groups excluding carboxylic acids is 1. The first-order chi connectivity index (χ1) is 12.1. The first-order valence-corrected chi connectivity index (χ1v) is 9.59. The highest BCUT2D eigenvalue weighted by Crippen LogP contribution is 2.28. The first kappa shape index (κ1) is 26.2. The summed E-state index contributed by atoms with van der Waals surface area (Å²) in [5.41, 5.74) is -0.477. The zero-order valence-electron chi connectivity index (χ0n) is 18.1. The number of nitrogens with zero attached hydrogens (tertiary/aromatic N) is 3. The Kier molecular flexibility index (Phi) is 12.3. The molecule has 7 nitrogen and oxygen atoms in total. The second-order valence-corrected chi connectivity index (χ2v) is 8.14. The fraction of sp³-hybridized carbons (Fsp3) is 0.895. The number of guanidine groups is 1. The van der Waals surface area contributed by atoms with Gasteiger partial charge in [-0.1, -0.05) is 0 Å². The molecule has 0 bridgehead atoms. The average Bonchev–Trinajstić information content (AvgIpc) is 3.37. The van der Waals surface area contributed by atoms with Gasteiger partial charge >= 0.3 is 6.09 Å². The third-order valence-corrected chi connectivity index (χ3v) is 4.38. The number of amides is 1. The summed E-state index contributed by atoms with van der Waals surface area (Å²) in [5, 5.41) is 3.35. The minimum atomic E-state index is -0.477. The highest BCUT2D eigenvalue weighted by molar-refractivity contribution is 14.0. The molecule has 1 amide bonds. The monoisotopic (exact) mass is 498 g/mol. The third kappa shape index (κ3) is 11.6. The molecule has 1 rings (SSSR count). The largest absolute Gasteiger partial charge is 0.444 e. The van der Waals surface area contributed by atoms with Gasteiger partial charge in [-0.25, -0.2) is 4.79 Å². The van der Waals surface area contributed by atoms with E-state index in [1.54, 1.807) is 19.0 Å². The van der Waals surface area contributed by atoms with E-state index in [0.29, 0.717) is 6.61 Å². The minimum absolute atomic E-state index is 0. The van der Waals surface area contributed by atoms with Crippen LogP contribution in [0.5, 0.6) is 0 Å². The van der Waals surface area contributed by atoms with Gasteiger partial charge in [-0.05, 0) is 52.9 Å². The predicted octanol–water partition coefficient (Wildman–Crippen LogP) is 3.18. The molecule has 160 valence electrons. The molecule has 8 heteroatoms. The van der Waals surface area contributed by atoms with Crippen LogP contribution in [-0.2, 0) is 9.47 Å². The topological polar surface area (TPSA) is 66.4 Å². The molecule has 0 heterocycles. The SMILES string of the molecule is CN=C(NCCC(C)N(C)C(=O)OC(C)(C)C)N(C)CCOCC1CC1.I. The van der Waals surface area contributed by atoms with Crippen molar-refractivity contribution in [1.29, 1.82) is 0 Å². The van der Waals surface area contributed by atoms with Crippen molar-refractivity contribution in [2.24, 2.45) is 10.9 Å². The van der Waals surface area contributed by atoms with Crippen LogP contribution >= 0.6 is 24.0 Å². The van der Waals surface area contributed by atoms with Crippen molar-refractivity contribution in [2.75, 3.05) is 47.4 Å². The van der Waals surface area contributed by atoms with Crippen LogP contribution in [0.2, 0.25) is 0 Å². The van der Waals surface area contributed by atoms with E-state index in [1.807, 2.05) is 34.7 Å². The maximum atomic E-state index is 12.1. The number of halogens is 1. The molecule has 1 saturated carbocycles. The summed E-state index contributed by atoms with van der Waals surface area (Å²) in [4.78, 5) is 20.1. The molecule has 1 N–H and O–H groups in total. The van der Waals surface area contributed by atoms with E-state index in [4.69, 9.17) is 9.47 Å². The quantitative estimate of drug-likeness (QED) is 0.229. The number of ether oxygens (including phenoxy) is 2. The Balaban J connectivity index is 0.00000676. The number of aliphatic imine (C=N–C) groups is 1. The molecule has 1 aliphatic carbocycles. The van der Waals surface area contributed by atoms with E-state index in [-0.39, 0.29) is 36.1 Å². The van der Waals surface area contributed by atoms with Crippen LogP contribution < -0.4 is 5.32 Å². The summed E-state index contributed by atoms with van der Waals surface area (Å²) >= 11 is 0. The highest BCUT2D eigenvalue weighted by Gasteiger charge is 2.23. The van der Waals surface area contributed by atoms with Crippen LogP contribution in [0.15, 0.2) is 4.99 Å². The number of hydrogen-bond donors (Lipinski definition) is 1. The number of hydrogen-bond acceptors (Lipinski definition) is 4. The Bertz CT molecular complexity index is 464. The number of carbonyl (C=O) groups is 1. The Labute approximate surface area is 182 Å². The molecule has 0 aromatic heterocycles. The van der Waals surface area contributed by atoms with Gasteiger partial charge in [-0.3, -0.25) is 4.99 Å². The highest BCUT2D eigenvalue weighted by atomic mass is 127. The first-order valence-electron chi connectivity index (χ1n) is 9.59. The molecule has 0 saturated heterocycles. The van der Waals surface area contributed by atoms with Gasteiger partial charge in [0.1, 0.15) is 5.60 Å². The number of likely N-dealkylation sites (N-methyl/N-ethyl adjacent to an activating group) is 1. The summed E-state index contributed by atoms with van der Waals surface area (Å²) < 4.78 is 11.1. The molecule has 0 aromatic carbocycles. The second kappa shape index (κ2) is 12.6. The van der Waals surface area contributed by atoms with Crippen LogP contribution in [0.25, 0.3) is 0 Å². The maximum absolute atomic E-state index is 12.1. The molecule has 0 radical (unpaired) electrons. The Morgan fingerprint density at radius 1 is 1.30 bits per heavy atom. The Hall–Kier alpha value is -0.770. The van der Waals surface area contributed by atoms with Crippen molar-refractivity contribution >= 4 is 36.0 Å². The fourth-order valence-corrected chi connectivity index (χ4v) is 2.33. The van der Waals surface area contributed by atoms with E-state index in [1.165, 1.54) is 12.8 Å². The van der Waals surface area contributed by atoms with Crippen molar-refractivity contribution in [3.05, 3.63) is 0 Å². The van der Waals surface area contributed by atoms with Gasteiger partial charge in [0.15, 0.2) is 5.96 Å². The molecular weight excluding hydrogens is 459 g/mol. The zero-order valence-corrected chi connectivity index (χ0v) is 20.4. The van der Waals surface area contributed by atoms with Crippen molar-refractivity contribution in [3.63, 3.8) is 0 Å². The predicted molar refractivity (Wildman–Crippen MR) is 121 cm³/mol. The average molecular weight is 498 g/mol. The lowest BCUT2D eigenvalue weighted by molar-refractivity contribution is 0.0230. The lowest BCUT2D eigenvalue weighted by Gasteiger charge is -2.29. The molecule has 0 spiro atoms. The molecule has 1 aliphatic rings. The summed E-state index contributed by atoms with van der Waals surface area (Å²) in [5.74, 6) is 1.63. The third-order valence-electron chi connectivity index (χ3n) is 4.38. The van der Waals surface area contributed by atoms with Crippen LogP contribution in [0, 0.1) is 5.92 Å². The number of rotatable bonds is 9. The minimum Gasteiger partial charge on any atom is -0.444 e. The normalized spacial score (nSPS) is 15.6. The van der Waals surface area contributed by atoms with E-state index in [2.05, 4.69) is 15.2 Å². The number of nitrogens with one attached hydrogen (secondary N) is 1. The van der Waals surface area contributed by atoms with Crippen LogP contribution in [0.1, 0.15) is 47.0 Å². The van der Waals surface area contributed by atoms with E-state index >= 15 is 0 Å². The lowest BCUT2D eigenvalue weighted by atomic mass is 10.2. The molecule has 27 heavy (non-hydrogen) atoms. The van der Waals surface area contributed by atoms with E-state index < -0.39 is 5.60 Å². The van der Waals surface area contributed by atoms with Gasteiger partial charge in [0.05, 0.1) is 6.61 Å². The van der Waals surface area contributed by atoms with Gasteiger partial charge < -0.3 is 24.6 Å². The zero-order chi connectivity index (χ0) is 19.7. The molecular formula is C19H39IN4O3. The van der Waals surface area contributed by atoms with Crippen LogP contribution in [-0.4, -0.2) is 80.9 Å². The van der Waals surface area contributed by atoms with E-state index in [0.717, 1.165) is 38.0 Å². The van der Waals surface area contributed by atoms with Gasteiger partial charge in [0.2, 0.25) is 0 Å². The standard InChI is InChI=1S/C19H38N4O3.HI/c1-15(23(7)18(24)26-19(2,3)4)10-11-21-17(20-5)22(6)12-13-25-14-16-8-9-16;/h15-16H,8-14H2,1-7H3,(H,20,21);1H. The summed E-state index contributed by atoms with van der Waals surface area (Å²) in [6.45, 7) is 10.8. The van der Waals surface area contributed by atoms with Gasteiger partial charge in [0.25, 0.3) is 0 Å². The van der Waals surface area contributed by atoms with Gasteiger partial charge in [-0.2, -0.15) is 0 Å². The molecule has 1 fully saturated rings. The Morgan fingerprint density at radius 3 is 2.44 bits per heavy atom. The van der Waals surface area contributed by atoms with Crippen LogP contribution in [0.4, 0.5) is 4.79 Å².